The van der Waals surface area contributed by atoms with Crippen molar-refractivity contribution >= 4 is 16.9 Å². The summed E-state index contributed by atoms with van der Waals surface area (Å²) < 4.78 is 81.2. The molecule has 1 aliphatic rings. The highest BCUT2D eigenvalue weighted by atomic mass is 19.4. The van der Waals surface area contributed by atoms with Gasteiger partial charge in [-0.05, 0) is 30.3 Å². The molecule has 2 aromatic carbocycles. The van der Waals surface area contributed by atoms with Gasteiger partial charge in [-0.3, -0.25) is 4.79 Å². The number of hydrogen-bond donors (Lipinski definition) is 1. The lowest BCUT2D eigenvalue weighted by Gasteiger charge is -2.16. The van der Waals surface area contributed by atoms with Crippen LogP contribution in [0.4, 0.5) is 26.3 Å². The third-order valence-electron chi connectivity index (χ3n) is 4.53. The molecular weight excluding hydrogens is 388 g/mol. The highest BCUT2D eigenvalue weighted by Crippen LogP contribution is 2.41. The highest BCUT2D eigenvalue weighted by molar-refractivity contribution is 6.06. The van der Waals surface area contributed by atoms with Gasteiger partial charge >= 0.3 is 12.4 Å². The molecule has 3 aromatic rings. The Morgan fingerprint density at radius 2 is 1.71 bits per heavy atom. The first-order chi connectivity index (χ1) is 13.1. The molecule has 28 heavy (non-hydrogen) atoms. The number of amides is 1. The molecule has 0 bridgehead atoms. The third-order valence-corrected chi connectivity index (χ3v) is 4.53. The molecule has 0 aliphatic carbocycles. The van der Waals surface area contributed by atoms with Crippen LogP contribution in [0.1, 0.15) is 21.5 Å². The number of alkyl halides is 6. The second-order valence-corrected chi connectivity index (χ2v) is 6.27. The molecule has 4 nitrogen and oxygen atoms in total. The number of aromatic nitrogens is 2. The van der Waals surface area contributed by atoms with E-state index in [9.17, 15) is 31.1 Å². The van der Waals surface area contributed by atoms with Gasteiger partial charge in [0.1, 0.15) is 5.82 Å². The maximum atomic E-state index is 13.5. The zero-order chi connectivity index (χ0) is 20.3. The van der Waals surface area contributed by atoms with Gasteiger partial charge in [0.25, 0.3) is 5.91 Å². The summed E-state index contributed by atoms with van der Waals surface area (Å²) in [4.78, 5) is 16.3. The zero-order valence-electron chi connectivity index (χ0n) is 13.9. The second kappa shape index (κ2) is 5.98. The Bertz CT molecular complexity index is 1100. The van der Waals surface area contributed by atoms with Crippen LogP contribution in [0, 0.1) is 0 Å². The van der Waals surface area contributed by atoms with Crippen molar-refractivity contribution in [2.75, 3.05) is 6.54 Å². The third kappa shape index (κ3) is 2.88. The lowest BCUT2D eigenvalue weighted by Crippen LogP contribution is -2.24. The summed E-state index contributed by atoms with van der Waals surface area (Å²) in [5.41, 5.74) is -2.39. The van der Waals surface area contributed by atoms with Crippen molar-refractivity contribution in [1.29, 1.82) is 0 Å². The Morgan fingerprint density at radius 3 is 2.39 bits per heavy atom. The number of nitrogens with one attached hydrogen (secondary N) is 1. The van der Waals surface area contributed by atoms with Crippen molar-refractivity contribution in [3.05, 3.63) is 53.1 Å². The van der Waals surface area contributed by atoms with Gasteiger partial charge in [0, 0.05) is 18.7 Å². The number of para-hydroxylation sites is 1. The molecule has 1 amide bonds. The normalized spacial score (nSPS) is 14.9. The van der Waals surface area contributed by atoms with Gasteiger partial charge in [0.2, 0.25) is 0 Å². The van der Waals surface area contributed by atoms with Crippen LogP contribution in [0.25, 0.3) is 22.4 Å². The van der Waals surface area contributed by atoms with Gasteiger partial charge in [0.15, 0.2) is 0 Å². The minimum Gasteiger partial charge on any atom is -0.350 e. The van der Waals surface area contributed by atoms with E-state index in [1.807, 2.05) is 0 Å². The van der Waals surface area contributed by atoms with Crippen LogP contribution in [-0.4, -0.2) is 22.0 Å². The quantitative estimate of drug-likeness (QED) is 0.614. The minimum absolute atomic E-state index is 0.0716. The van der Waals surface area contributed by atoms with E-state index in [2.05, 4.69) is 10.3 Å². The largest absolute Gasteiger partial charge is 0.417 e. The fourth-order valence-corrected chi connectivity index (χ4v) is 3.32. The molecule has 4 rings (SSSR count). The topological polar surface area (TPSA) is 46.9 Å². The standard InChI is InChI=1S/C18H11F6N3O/c19-17(20,21)9-4-5-12(18(22,23)24)11(8-9)15-26-13-3-1-2-10-14(13)27(15)7-6-25-16(10)28/h1-5,8H,6-7H2,(H,25,28). The first-order valence-electron chi connectivity index (χ1n) is 8.13. The van der Waals surface area contributed by atoms with Crippen molar-refractivity contribution in [3.8, 4) is 11.4 Å². The summed E-state index contributed by atoms with van der Waals surface area (Å²) in [6.45, 7) is 0.175. The highest BCUT2D eigenvalue weighted by Gasteiger charge is 2.38. The predicted octanol–water partition coefficient (Wildman–Crippen LogP) is 4.48. The maximum absolute atomic E-state index is 13.5. The molecule has 1 aromatic heterocycles. The van der Waals surface area contributed by atoms with E-state index in [1.165, 1.54) is 22.8 Å². The molecular formula is C18H11F6N3O. The van der Waals surface area contributed by atoms with Crippen LogP contribution in [0.3, 0.4) is 0 Å². The Hall–Kier alpha value is -3.04. The first kappa shape index (κ1) is 18.3. The molecule has 0 radical (unpaired) electrons. The van der Waals surface area contributed by atoms with Gasteiger partial charge in [-0.25, -0.2) is 4.98 Å². The molecule has 2 heterocycles. The van der Waals surface area contributed by atoms with Crippen molar-refractivity contribution in [1.82, 2.24) is 14.9 Å². The zero-order valence-corrected chi connectivity index (χ0v) is 13.9. The van der Waals surface area contributed by atoms with Gasteiger partial charge in [-0.15, -0.1) is 0 Å². The fraction of sp³-hybridized carbons (Fsp3) is 0.222. The number of carbonyl (C=O) groups excluding carboxylic acids is 1. The van der Waals surface area contributed by atoms with Gasteiger partial charge in [0.05, 0.1) is 27.7 Å². The summed E-state index contributed by atoms with van der Waals surface area (Å²) in [6.07, 6.45) is -9.69. The molecule has 0 spiro atoms. The van der Waals surface area contributed by atoms with Crippen molar-refractivity contribution in [3.63, 3.8) is 0 Å². The lowest BCUT2D eigenvalue weighted by molar-refractivity contribution is -0.141. The van der Waals surface area contributed by atoms with Crippen LogP contribution in [0.5, 0.6) is 0 Å². The number of hydrogen-bond acceptors (Lipinski definition) is 2. The van der Waals surface area contributed by atoms with E-state index < -0.39 is 35.0 Å². The Labute approximate surface area is 153 Å². The van der Waals surface area contributed by atoms with Crippen LogP contribution < -0.4 is 5.32 Å². The molecule has 0 unspecified atom stereocenters. The Morgan fingerprint density at radius 1 is 0.964 bits per heavy atom. The summed E-state index contributed by atoms with van der Waals surface area (Å²) in [5.74, 6) is -0.687. The summed E-state index contributed by atoms with van der Waals surface area (Å²) in [6, 6.07) is 5.76. The number of halogens is 6. The van der Waals surface area contributed by atoms with E-state index in [1.54, 1.807) is 0 Å². The lowest BCUT2D eigenvalue weighted by atomic mass is 10.0. The van der Waals surface area contributed by atoms with Gasteiger partial charge < -0.3 is 9.88 Å². The number of nitrogens with zero attached hydrogens (tertiary/aromatic N) is 2. The molecule has 1 aliphatic heterocycles. The van der Waals surface area contributed by atoms with E-state index in [0.717, 1.165) is 0 Å². The van der Waals surface area contributed by atoms with E-state index in [4.69, 9.17) is 0 Å². The molecule has 0 atom stereocenters. The summed E-state index contributed by atoms with van der Waals surface area (Å²) in [5, 5.41) is 2.61. The van der Waals surface area contributed by atoms with Crippen molar-refractivity contribution in [2.24, 2.45) is 0 Å². The number of rotatable bonds is 1. The van der Waals surface area contributed by atoms with Crippen LogP contribution in [-0.2, 0) is 18.9 Å². The number of benzene rings is 2. The molecule has 0 saturated carbocycles. The molecule has 0 fully saturated rings. The Balaban J connectivity index is 2.06. The maximum Gasteiger partial charge on any atom is 0.417 e. The SMILES string of the molecule is O=C1NCCn2c(-c3cc(C(F)(F)F)ccc3C(F)(F)F)nc3cccc1c32. The monoisotopic (exact) mass is 399 g/mol. The summed E-state index contributed by atoms with van der Waals surface area (Å²) in [7, 11) is 0. The van der Waals surface area contributed by atoms with Gasteiger partial charge in [-0.1, -0.05) is 6.07 Å². The fourth-order valence-electron chi connectivity index (χ4n) is 3.32. The van der Waals surface area contributed by atoms with E-state index >= 15 is 0 Å². The van der Waals surface area contributed by atoms with Crippen LogP contribution >= 0.6 is 0 Å². The van der Waals surface area contributed by atoms with Crippen molar-refractivity contribution in [2.45, 2.75) is 18.9 Å². The molecule has 0 saturated heterocycles. The van der Waals surface area contributed by atoms with Crippen molar-refractivity contribution < 1.29 is 31.1 Å². The Kier molecular flexibility index (Phi) is 3.91. The average molecular weight is 399 g/mol. The van der Waals surface area contributed by atoms with Crippen LogP contribution in [0.2, 0.25) is 0 Å². The average Bonchev–Trinajstić information content (AvgIpc) is 2.89. The van der Waals surface area contributed by atoms with E-state index in [-0.39, 0.29) is 35.5 Å². The second-order valence-electron chi connectivity index (χ2n) is 6.27. The van der Waals surface area contributed by atoms with Crippen LogP contribution in [0.15, 0.2) is 36.4 Å². The molecule has 146 valence electrons. The molecule has 1 N–H and O–H groups in total. The predicted molar refractivity (Wildman–Crippen MR) is 87.5 cm³/mol. The first-order valence-corrected chi connectivity index (χ1v) is 8.13. The van der Waals surface area contributed by atoms with Gasteiger partial charge in [-0.2, -0.15) is 26.3 Å². The number of carbonyl (C=O) groups is 1. The molecule has 10 heteroatoms. The number of imidazole rings is 1. The minimum atomic E-state index is -4.88. The summed E-state index contributed by atoms with van der Waals surface area (Å²) >= 11 is 0. The smallest absolute Gasteiger partial charge is 0.350 e. The van der Waals surface area contributed by atoms with E-state index in [0.29, 0.717) is 18.2 Å².